The smallest absolute Gasteiger partial charge is 0.462 e. The Morgan fingerprint density at radius 3 is 1.53 bits per heavy atom. The summed E-state index contributed by atoms with van der Waals surface area (Å²) in [6.07, 6.45) is 30.3. The van der Waals surface area contributed by atoms with E-state index in [1.807, 2.05) is 0 Å². The van der Waals surface area contributed by atoms with E-state index in [9.17, 15) is 24.2 Å². The van der Waals surface area contributed by atoms with E-state index in [0.717, 1.165) is 38.5 Å². The fraction of sp³-hybridized carbons (Fsp3) is 0.895. The van der Waals surface area contributed by atoms with E-state index in [1.165, 1.54) is 103 Å². The van der Waals surface area contributed by atoms with Crippen LogP contribution in [0.5, 0.6) is 0 Å². The summed E-state index contributed by atoms with van der Waals surface area (Å²) in [4.78, 5) is 34.8. The van der Waals surface area contributed by atoms with Gasteiger partial charge in [0.15, 0.2) is 6.10 Å². The van der Waals surface area contributed by atoms with Gasteiger partial charge in [0.25, 0.3) is 0 Å². The normalized spacial score (nSPS) is 14.1. The van der Waals surface area contributed by atoms with Crippen LogP contribution >= 0.6 is 7.82 Å². The molecule has 0 saturated heterocycles. The Balaban J connectivity index is 4.33. The number of phosphoric acid groups is 1. The number of carbonyl (C=O) groups is 2. The van der Waals surface area contributed by atoms with Crippen molar-refractivity contribution >= 4 is 19.8 Å². The third-order valence-electron chi connectivity index (χ3n) is 8.42. The van der Waals surface area contributed by atoms with Crippen molar-refractivity contribution in [2.75, 3.05) is 26.4 Å². The first-order chi connectivity index (χ1) is 23.7. The highest BCUT2D eigenvalue weighted by Crippen LogP contribution is 2.43. The van der Waals surface area contributed by atoms with E-state index in [2.05, 4.69) is 30.5 Å². The predicted molar refractivity (Wildman–Crippen MR) is 196 cm³/mol. The molecule has 0 aliphatic rings. The van der Waals surface area contributed by atoms with Crippen molar-refractivity contribution in [1.29, 1.82) is 0 Å². The Morgan fingerprint density at radius 1 is 0.592 bits per heavy atom. The maximum absolute atomic E-state index is 12.5. The third-order valence-corrected chi connectivity index (χ3v) is 9.37. The summed E-state index contributed by atoms with van der Waals surface area (Å²) in [5.74, 6) is -0.922. The number of hydrogen-bond acceptors (Lipinski definition) is 9. The summed E-state index contributed by atoms with van der Waals surface area (Å²) in [5, 5.41) is 18.3. The molecule has 3 N–H and O–H groups in total. The number of unbranched alkanes of at least 4 members (excludes halogenated alkanes) is 21. The molecule has 0 fully saturated rings. The molecule has 0 radical (unpaired) electrons. The molecule has 1 unspecified atom stereocenters. The van der Waals surface area contributed by atoms with Crippen LogP contribution < -0.4 is 0 Å². The van der Waals surface area contributed by atoms with Crippen LogP contribution in [0.4, 0.5) is 0 Å². The van der Waals surface area contributed by atoms with Crippen molar-refractivity contribution in [3.05, 3.63) is 12.2 Å². The zero-order chi connectivity index (χ0) is 36.3. The van der Waals surface area contributed by atoms with Crippen molar-refractivity contribution in [2.45, 2.75) is 193 Å². The van der Waals surface area contributed by atoms with Crippen LogP contribution in [0.25, 0.3) is 0 Å². The lowest BCUT2D eigenvalue weighted by Gasteiger charge is -2.20. The number of carbonyl (C=O) groups excluding carboxylic acids is 2. The van der Waals surface area contributed by atoms with Crippen LogP contribution in [0.2, 0.25) is 0 Å². The van der Waals surface area contributed by atoms with Gasteiger partial charge in [-0.25, -0.2) is 4.57 Å². The van der Waals surface area contributed by atoms with E-state index in [-0.39, 0.29) is 19.4 Å². The lowest BCUT2D eigenvalue weighted by atomic mass is 10.1. The summed E-state index contributed by atoms with van der Waals surface area (Å²) in [6, 6.07) is 0. The van der Waals surface area contributed by atoms with E-state index in [1.54, 1.807) is 0 Å². The second kappa shape index (κ2) is 35.1. The van der Waals surface area contributed by atoms with Crippen molar-refractivity contribution in [1.82, 2.24) is 0 Å². The largest absolute Gasteiger partial charge is 0.472 e. The number of ether oxygens (including phenoxy) is 2. The summed E-state index contributed by atoms with van der Waals surface area (Å²) in [5.41, 5.74) is 0. The first-order valence-electron chi connectivity index (χ1n) is 19.6. The van der Waals surface area contributed by atoms with Crippen molar-refractivity contribution in [2.24, 2.45) is 0 Å². The Morgan fingerprint density at radius 2 is 1.02 bits per heavy atom. The average molecular weight is 721 g/mol. The minimum absolute atomic E-state index is 0.185. The Bertz CT molecular complexity index is 837. The lowest BCUT2D eigenvalue weighted by molar-refractivity contribution is -0.161. The molecule has 10 nitrogen and oxygen atoms in total. The van der Waals surface area contributed by atoms with Gasteiger partial charge in [-0.2, -0.15) is 0 Å². The van der Waals surface area contributed by atoms with E-state index < -0.39 is 51.8 Å². The van der Waals surface area contributed by atoms with E-state index >= 15 is 0 Å². The van der Waals surface area contributed by atoms with Gasteiger partial charge in [0.2, 0.25) is 0 Å². The molecule has 49 heavy (non-hydrogen) atoms. The second-order valence-corrected chi connectivity index (χ2v) is 14.8. The Hall–Kier alpha value is -1.29. The number of aliphatic hydroxyl groups is 2. The monoisotopic (exact) mass is 720 g/mol. The van der Waals surface area contributed by atoms with Crippen LogP contribution in [-0.2, 0) is 32.7 Å². The SMILES string of the molecule is CCCC/C=C/CCCCCCCCCCCC(=O)O[C@H](COC(=O)CCCCCCCCCCCCC)COP(=O)(O)OC[C@@H](O)CO. The van der Waals surface area contributed by atoms with Gasteiger partial charge in [0.05, 0.1) is 19.8 Å². The fourth-order valence-electron chi connectivity index (χ4n) is 5.33. The molecule has 0 aliphatic carbocycles. The van der Waals surface area contributed by atoms with Gasteiger partial charge in [0.1, 0.15) is 12.7 Å². The molecule has 0 saturated carbocycles. The van der Waals surface area contributed by atoms with Gasteiger partial charge in [-0.15, -0.1) is 0 Å². The maximum Gasteiger partial charge on any atom is 0.472 e. The standard InChI is InChI=1S/C38H73O10P/c1-3-5-7-9-11-13-15-16-17-18-20-22-24-26-28-30-38(42)48-36(34-47-49(43,44)46-32-35(40)31-39)33-45-37(41)29-27-25-23-21-19-14-12-10-8-6-4-2/h9,11,35-36,39-40H,3-8,10,12-34H2,1-2H3,(H,43,44)/b11-9+/t35-,36+/m0/s1. The van der Waals surface area contributed by atoms with Crippen LogP contribution in [0.15, 0.2) is 12.2 Å². The van der Waals surface area contributed by atoms with Gasteiger partial charge < -0.3 is 24.6 Å². The van der Waals surface area contributed by atoms with Gasteiger partial charge in [0, 0.05) is 12.8 Å². The molecule has 0 heterocycles. The highest BCUT2D eigenvalue weighted by molar-refractivity contribution is 7.47. The number of rotatable bonds is 37. The van der Waals surface area contributed by atoms with Gasteiger partial charge >= 0.3 is 19.8 Å². The van der Waals surface area contributed by atoms with Crippen LogP contribution in [0.1, 0.15) is 181 Å². The van der Waals surface area contributed by atoms with Crippen molar-refractivity contribution in [3.63, 3.8) is 0 Å². The number of hydrogen-bond donors (Lipinski definition) is 3. The molecule has 0 rings (SSSR count). The van der Waals surface area contributed by atoms with Crippen molar-refractivity contribution in [3.8, 4) is 0 Å². The maximum atomic E-state index is 12.5. The quantitative estimate of drug-likeness (QED) is 0.0245. The van der Waals surface area contributed by atoms with Gasteiger partial charge in [-0.05, 0) is 32.1 Å². The summed E-state index contributed by atoms with van der Waals surface area (Å²) < 4.78 is 32.6. The average Bonchev–Trinajstić information content (AvgIpc) is 3.09. The molecule has 0 aromatic heterocycles. The number of esters is 2. The molecular weight excluding hydrogens is 647 g/mol. The molecule has 290 valence electrons. The second-order valence-electron chi connectivity index (χ2n) is 13.3. The molecule has 3 atom stereocenters. The molecule has 0 bridgehead atoms. The molecule has 0 amide bonds. The van der Waals surface area contributed by atoms with Crippen molar-refractivity contribution < 1.29 is 47.8 Å². The van der Waals surface area contributed by atoms with Gasteiger partial charge in [-0.1, -0.05) is 148 Å². The first kappa shape index (κ1) is 47.7. The summed E-state index contributed by atoms with van der Waals surface area (Å²) >= 11 is 0. The number of aliphatic hydroxyl groups excluding tert-OH is 2. The zero-order valence-electron chi connectivity index (χ0n) is 31.2. The molecule has 0 aliphatic heterocycles. The lowest BCUT2D eigenvalue weighted by Crippen LogP contribution is -2.29. The minimum Gasteiger partial charge on any atom is -0.462 e. The molecular formula is C38H73O10P. The first-order valence-corrected chi connectivity index (χ1v) is 21.1. The minimum atomic E-state index is -4.60. The van der Waals surface area contributed by atoms with E-state index in [4.69, 9.17) is 19.1 Å². The van der Waals surface area contributed by atoms with Crippen LogP contribution in [0, 0.1) is 0 Å². The number of allylic oxidation sites excluding steroid dienone is 2. The predicted octanol–water partition coefficient (Wildman–Crippen LogP) is 9.67. The third kappa shape index (κ3) is 34.9. The zero-order valence-corrected chi connectivity index (χ0v) is 32.1. The highest BCUT2D eigenvalue weighted by atomic mass is 31.2. The Kier molecular flexibility index (Phi) is 34.2. The number of phosphoric ester groups is 1. The molecule has 0 spiro atoms. The van der Waals surface area contributed by atoms with Crippen LogP contribution in [-0.4, -0.2) is 65.7 Å². The summed E-state index contributed by atoms with van der Waals surface area (Å²) in [7, 11) is -4.60. The Labute approximate surface area is 298 Å². The highest BCUT2D eigenvalue weighted by Gasteiger charge is 2.27. The van der Waals surface area contributed by atoms with Crippen LogP contribution in [0.3, 0.4) is 0 Å². The molecule has 0 aromatic carbocycles. The fourth-order valence-corrected chi connectivity index (χ4v) is 6.12. The molecule has 0 aromatic rings. The topological polar surface area (TPSA) is 149 Å². The molecule has 11 heteroatoms. The van der Waals surface area contributed by atoms with Gasteiger partial charge in [-0.3, -0.25) is 18.6 Å². The van der Waals surface area contributed by atoms with E-state index in [0.29, 0.717) is 12.8 Å². The summed E-state index contributed by atoms with van der Waals surface area (Å²) in [6.45, 7) is 2.34.